The van der Waals surface area contributed by atoms with Crippen LogP contribution in [-0.2, 0) is 0 Å². The molecule has 1 aliphatic rings. The number of anilines is 1. The quantitative estimate of drug-likeness (QED) is 0.934. The number of hydrogen-bond acceptors (Lipinski definition) is 4. The van der Waals surface area contributed by atoms with Crippen LogP contribution in [-0.4, -0.2) is 39.9 Å². The van der Waals surface area contributed by atoms with Gasteiger partial charge in [0.25, 0.3) is 5.91 Å². The molecule has 2 heterocycles. The molecular weight excluding hydrogens is 278 g/mol. The Morgan fingerprint density at radius 1 is 1.19 bits per heavy atom. The Morgan fingerprint density at radius 3 is 2.57 bits per heavy atom. The maximum atomic E-state index is 13.1. The van der Waals surface area contributed by atoms with Crippen LogP contribution in [0.2, 0.25) is 0 Å². The normalized spacial score (nSPS) is 14.7. The topological polar surface area (TPSA) is 58.1 Å². The monoisotopic (exact) mass is 290 g/mol. The van der Waals surface area contributed by atoms with E-state index >= 15 is 0 Å². The zero-order valence-corrected chi connectivity index (χ0v) is 11.0. The number of carbonyl (C=O) groups is 1. The molecule has 0 aliphatic carbocycles. The van der Waals surface area contributed by atoms with Gasteiger partial charge in [0.05, 0.1) is 6.04 Å². The highest BCUT2D eigenvalue weighted by Crippen LogP contribution is 2.17. The van der Waals surface area contributed by atoms with Crippen LogP contribution in [0.15, 0.2) is 36.7 Å². The van der Waals surface area contributed by atoms with Crippen LogP contribution in [0.25, 0.3) is 0 Å². The molecule has 1 saturated heterocycles. The molecule has 1 aromatic heterocycles. The SMILES string of the molecule is O=C(c1ccc(F)c(F)c1)N1CC(Nc2ncccn2)C1. The number of likely N-dealkylation sites (tertiary alicyclic amines) is 1. The Morgan fingerprint density at radius 2 is 1.90 bits per heavy atom. The third-order valence-electron chi connectivity index (χ3n) is 3.23. The Labute approximate surface area is 119 Å². The third kappa shape index (κ3) is 2.81. The molecular formula is C14H12F2N4O. The van der Waals surface area contributed by atoms with Gasteiger partial charge in [-0.3, -0.25) is 4.79 Å². The summed E-state index contributed by atoms with van der Waals surface area (Å²) in [6.45, 7) is 0.937. The Bertz CT molecular complexity index is 659. The molecule has 0 radical (unpaired) electrons. The van der Waals surface area contributed by atoms with Gasteiger partial charge >= 0.3 is 0 Å². The maximum absolute atomic E-state index is 13.1. The number of benzene rings is 1. The Hall–Kier alpha value is -2.57. The van der Waals surface area contributed by atoms with Crippen LogP contribution >= 0.6 is 0 Å². The van der Waals surface area contributed by atoms with Crippen LogP contribution in [0.3, 0.4) is 0 Å². The molecule has 1 N–H and O–H groups in total. The second kappa shape index (κ2) is 5.43. The Kier molecular flexibility index (Phi) is 3.47. The molecule has 2 aromatic rings. The molecule has 108 valence electrons. The standard InChI is InChI=1S/C14H12F2N4O/c15-11-3-2-9(6-12(11)16)13(21)20-7-10(8-20)19-14-17-4-1-5-18-14/h1-6,10H,7-8H2,(H,17,18,19). The molecule has 21 heavy (non-hydrogen) atoms. The second-order valence-electron chi connectivity index (χ2n) is 4.75. The maximum Gasteiger partial charge on any atom is 0.254 e. The molecule has 0 spiro atoms. The van der Waals surface area contributed by atoms with Crippen LogP contribution in [0.5, 0.6) is 0 Å². The molecule has 1 aliphatic heterocycles. The zero-order valence-electron chi connectivity index (χ0n) is 11.0. The molecule has 1 amide bonds. The highest BCUT2D eigenvalue weighted by molar-refractivity contribution is 5.94. The predicted molar refractivity (Wildman–Crippen MR) is 71.7 cm³/mol. The van der Waals surface area contributed by atoms with Gasteiger partial charge in [-0.1, -0.05) is 0 Å². The summed E-state index contributed by atoms with van der Waals surface area (Å²) in [5.74, 6) is -1.80. The number of carbonyl (C=O) groups excluding carboxylic acids is 1. The van der Waals surface area contributed by atoms with Gasteiger partial charge in [0.1, 0.15) is 0 Å². The van der Waals surface area contributed by atoms with E-state index < -0.39 is 11.6 Å². The first-order valence-corrected chi connectivity index (χ1v) is 6.41. The van der Waals surface area contributed by atoms with E-state index in [1.54, 1.807) is 23.4 Å². The fourth-order valence-corrected chi connectivity index (χ4v) is 2.10. The number of nitrogens with one attached hydrogen (secondary N) is 1. The molecule has 0 unspecified atom stereocenters. The average Bonchev–Trinajstić information content (AvgIpc) is 2.46. The van der Waals surface area contributed by atoms with Crippen molar-refractivity contribution in [3.8, 4) is 0 Å². The lowest BCUT2D eigenvalue weighted by atomic mass is 10.1. The third-order valence-corrected chi connectivity index (χ3v) is 3.23. The summed E-state index contributed by atoms with van der Waals surface area (Å²) in [6, 6.07) is 4.92. The van der Waals surface area contributed by atoms with Gasteiger partial charge < -0.3 is 10.2 Å². The van der Waals surface area contributed by atoms with E-state index in [1.807, 2.05) is 0 Å². The van der Waals surface area contributed by atoms with Gasteiger partial charge in [0.2, 0.25) is 5.95 Å². The summed E-state index contributed by atoms with van der Waals surface area (Å²) in [5.41, 5.74) is 0.142. The number of hydrogen-bond donors (Lipinski definition) is 1. The number of nitrogens with zero attached hydrogens (tertiary/aromatic N) is 3. The van der Waals surface area contributed by atoms with E-state index in [2.05, 4.69) is 15.3 Å². The molecule has 0 saturated carbocycles. The first-order chi connectivity index (χ1) is 10.1. The summed E-state index contributed by atoms with van der Waals surface area (Å²) in [5, 5.41) is 3.08. The van der Waals surface area contributed by atoms with E-state index in [1.165, 1.54) is 6.07 Å². The zero-order chi connectivity index (χ0) is 14.8. The minimum atomic E-state index is -1.02. The molecule has 7 heteroatoms. The Balaban J connectivity index is 1.58. The van der Waals surface area contributed by atoms with Crippen molar-refractivity contribution in [1.82, 2.24) is 14.9 Å². The number of aromatic nitrogens is 2. The first kappa shape index (κ1) is 13.4. The first-order valence-electron chi connectivity index (χ1n) is 6.41. The lowest BCUT2D eigenvalue weighted by Gasteiger charge is -2.39. The van der Waals surface area contributed by atoms with Gasteiger partial charge in [-0.2, -0.15) is 0 Å². The van der Waals surface area contributed by atoms with Crippen molar-refractivity contribution in [3.05, 3.63) is 53.9 Å². The molecule has 1 aromatic carbocycles. The smallest absolute Gasteiger partial charge is 0.254 e. The second-order valence-corrected chi connectivity index (χ2v) is 4.75. The largest absolute Gasteiger partial charge is 0.348 e. The van der Waals surface area contributed by atoms with Gasteiger partial charge in [-0.15, -0.1) is 0 Å². The van der Waals surface area contributed by atoms with Gasteiger partial charge in [0, 0.05) is 31.0 Å². The van der Waals surface area contributed by atoms with Crippen LogP contribution in [0, 0.1) is 11.6 Å². The average molecular weight is 290 g/mol. The summed E-state index contributed by atoms with van der Waals surface area (Å²) < 4.78 is 26.0. The minimum Gasteiger partial charge on any atom is -0.348 e. The highest BCUT2D eigenvalue weighted by atomic mass is 19.2. The van der Waals surface area contributed by atoms with Crippen molar-refractivity contribution < 1.29 is 13.6 Å². The molecule has 5 nitrogen and oxygen atoms in total. The molecule has 0 atom stereocenters. The number of halogens is 2. The number of amides is 1. The summed E-state index contributed by atoms with van der Waals surface area (Å²) >= 11 is 0. The van der Waals surface area contributed by atoms with E-state index in [4.69, 9.17) is 0 Å². The van der Waals surface area contributed by atoms with Gasteiger partial charge in [-0.05, 0) is 24.3 Å². The summed E-state index contributed by atoms with van der Waals surface area (Å²) in [7, 11) is 0. The van der Waals surface area contributed by atoms with Crippen molar-refractivity contribution in [3.63, 3.8) is 0 Å². The fraction of sp³-hybridized carbons (Fsp3) is 0.214. The van der Waals surface area contributed by atoms with Crippen LogP contribution in [0.4, 0.5) is 14.7 Å². The van der Waals surface area contributed by atoms with E-state index in [-0.39, 0.29) is 17.5 Å². The fourth-order valence-electron chi connectivity index (χ4n) is 2.10. The highest BCUT2D eigenvalue weighted by Gasteiger charge is 2.31. The summed E-state index contributed by atoms with van der Waals surface area (Å²) in [4.78, 5) is 21.7. The van der Waals surface area contributed by atoms with Crippen molar-refractivity contribution in [1.29, 1.82) is 0 Å². The molecule has 3 rings (SSSR count). The molecule has 0 bridgehead atoms. The summed E-state index contributed by atoms with van der Waals surface area (Å²) in [6.07, 6.45) is 3.25. The lowest BCUT2D eigenvalue weighted by molar-refractivity contribution is 0.0624. The van der Waals surface area contributed by atoms with Gasteiger partial charge in [0.15, 0.2) is 11.6 Å². The minimum absolute atomic E-state index is 0.0571. The number of rotatable bonds is 3. The molecule has 1 fully saturated rings. The van der Waals surface area contributed by atoms with Crippen molar-refractivity contribution in [2.75, 3.05) is 18.4 Å². The predicted octanol–water partition coefficient (Wildman–Crippen LogP) is 1.69. The lowest BCUT2D eigenvalue weighted by Crippen LogP contribution is -2.57. The van der Waals surface area contributed by atoms with E-state index in [0.29, 0.717) is 19.0 Å². The van der Waals surface area contributed by atoms with Crippen LogP contribution in [0.1, 0.15) is 10.4 Å². The van der Waals surface area contributed by atoms with Crippen molar-refractivity contribution >= 4 is 11.9 Å². The van der Waals surface area contributed by atoms with E-state index in [0.717, 1.165) is 12.1 Å². The van der Waals surface area contributed by atoms with Crippen molar-refractivity contribution in [2.24, 2.45) is 0 Å². The van der Waals surface area contributed by atoms with Gasteiger partial charge in [-0.25, -0.2) is 18.7 Å². The van der Waals surface area contributed by atoms with Crippen LogP contribution < -0.4 is 5.32 Å². The van der Waals surface area contributed by atoms with E-state index in [9.17, 15) is 13.6 Å². The van der Waals surface area contributed by atoms with Crippen molar-refractivity contribution in [2.45, 2.75) is 6.04 Å².